The first-order valence-corrected chi connectivity index (χ1v) is 4.89. The summed E-state index contributed by atoms with van der Waals surface area (Å²) < 4.78 is 0.411. The van der Waals surface area contributed by atoms with Crippen molar-refractivity contribution < 1.29 is 51.4 Å². The van der Waals surface area contributed by atoms with Crippen molar-refractivity contribution in [2.24, 2.45) is 0 Å². The van der Waals surface area contributed by atoms with Crippen molar-refractivity contribution in [3.8, 4) is 0 Å². The molecule has 1 N–H and O–H groups in total. The van der Waals surface area contributed by atoms with Gasteiger partial charge in [0.1, 0.15) is 0 Å². The van der Waals surface area contributed by atoms with Gasteiger partial charge in [-0.3, -0.25) is 0 Å². The fourth-order valence-electron chi connectivity index (χ4n) is 1.18. The Balaban J connectivity index is 0.00000169. The molecule has 1 aromatic carbocycles. The van der Waals surface area contributed by atoms with Gasteiger partial charge in [0.15, 0.2) is 0 Å². The molecule has 4 heteroatoms. The number of hydrogen-bond donors (Lipinski definition) is 1. The van der Waals surface area contributed by atoms with Gasteiger partial charge in [-0.05, 0) is 19.4 Å². The van der Waals surface area contributed by atoms with Crippen molar-refractivity contribution in [1.82, 2.24) is 5.32 Å². The smallest absolute Gasteiger partial charge is 0.412 e. The first-order valence-electron chi connectivity index (χ1n) is 4.07. The van der Waals surface area contributed by atoms with Crippen molar-refractivity contribution in [3.05, 3.63) is 35.9 Å². The van der Waals surface area contributed by atoms with E-state index in [1.165, 1.54) is 5.56 Å². The second-order valence-corrected chi connectivity index (χ2v) is 4.48. The third-order valence-corrected chi connectivity index (χ3v) is 2.11. The predicted molar refractivity (Wildman–Crippen MR) is 62.6 cm³/mol. The van der Waals surface area contributed by atoms with Crippen LogP contribution in [0.1, 0.15) is 19.4 Å². The summed E-state index contributed by atoms with van der Waals surface area (Å²) in [6.07, 6.45) is 0. The zero-order chi connectivity index (χ0) is 9.90. The Hall–Kier alpha value is 0.966. The molecule has 0 fully saturated rings. The average Bonchev–Trinajstić information content (AvgIpc) is 2.04. The van der Waals surface area contributed by atoms with Crippen LogP contribution in [0.25, 0.3) is 0 Å². The minimum absolute atomic E-state index is 0. The molecular weight excluding hydrogens is 237 g/mol. The first kappa shape index (κ1) is 15.0. The van der Waals surface area contributed by atoms with Gasteiger partial charge in [0.25, 0.3) is 0 Å². The van der Waals surface area contributed by atoms with E-state index in [2.05, 4.69) is 31.3 Å². The molecule has 0 bridgehead atoms. The zero-order valence-electron chi connectivity index (χ0n) is 8.70. The van der Waals surface area contributed by atoms with Gasteiger partial charge in [0.2, 0.25) is 0 Å². The fourth-order valence-corrected chi connectivity index (χ4v) is 1.69. The van der Waals surface area contributed by atoms with Crippen LogP contribution in [0.4, 0.5) is 0 Å². The third-order valence-electron chi connectivity index (χ3n) is 1.91. The molecular formula is C10H12KNS2. The Labute approximate surface area is 139 Å². The largest absolute Gasteiger partial charge is 1.00 e. The van der Waals surface area contributed by atoms with Crippen LogP contribution < -0.4 is 56.7 Å². The Bertz CT molecular complexity index is 298. The molecule has 0 aliphatic carbocycles. The summed E-state index contributed by atoms with van der Waals surface area (Å²) in [4.78, 5) is 0. The average molecular weight is 249 g/mol. The van der Waals surface area contributed by atoms with E-state index in [9.17, 15) is 0 Å². The molecule has 0 saturated heterocycles. The Morgan fingerprint density at radius 2 is 1.79 bits per heavy atom. The first-order chi connectivity index (χ1) is 6.02. The maximum atomic E-state index is 4.85. The molecule has 0 aliphatic rings. The summed E-state index contributed by atoms with van der Waals surface area (Å²) >= 11 is 9.69. The van der Waals surface area contributed by atoms with E-state index in [1.54, 1.807) is 0 Å². The van der Waals surface area contributed by atoms with Gasteiger partial charge in [0.05, 0.1) is 5.54 Å². The standard InChI is InChI=1S/C10H13NS2.K/c1-10(2,11-9(12)13)8-6-4-3-5-7-8;/h3-7H,1-2H3,(H2,11,12,13);/q;+1/p-1. The summed E-state index contributed by atoms with van der Waals surface area (Å²) in [6, 6.07) is 10.1. The molecule has 1 rings (SSSR count). The molecule has 0 radical (unpaired) electrons. The molecule has 70 valence electrons. The van der Waals surface area contributed by atoms with E-state index in [1.807, 2.05) is 18.2 Å². The van der Waals surface area contributed by atoms with Gasteiger partial charge >= 0.3 is 51.4 Å². The molecule has 0 saturated carbocycles. The van der Waals surface area contributed by atoms with Crippen molar-refractivity contribution >= 4 is 29.2 Å². The van der Waals surface area contributed by atoms with E-state index < -0.39 is 0 Å². The number of benzene rings is 1. The van der Waals surface area contributed by atoms with Gasteiger partial charge in [0, 0.05) is 0 Å². The molecule has 0 aliphatic heterocycles. The van der Waals surface area contributed by atoms with Crippen LogP contribution in [0.3, 0.4) is 0 Å². The SMILES string of the molecule is CC(C)(NC(=S)[S-])c1ccccc1.[K+]. The number of rotatable bonds is 2. The number of hydrogen-bond acceptors (Lipinski definition) is 2. The van der Waals surface area contributed by atoms with Crippen LogP contribution in [0.5, 0.6) is 0 Å². The minimum Gasteiger partial charge on any atom is -0.412 e. The summed E-state index contributed by atoms with van der Waals surface area (Å²) in [5.41, 5.74) is 1.00. The van der Waals surface area contributed by atoms with E-state index in [0.29, 0.717) is 4.32 Å². The van der Waals surface area contributed by atoms with Crippen LogP contribution in [0, 0.1) is 0 Å². The van der Waals surface area contributed by atoms with Crippen molar-refractivity contribution in [1.29, 1.82) is 0 Å². The fraction of sp³-hybridized carbons (Fsp3) is 0.300. The van der Waals surface area contributed by atoms with Gasteiger partial charge in [-0.25, -0.2) is 0 Å². The topological polar surface area (TPSA) is 12.0 Å². The Kier molecular flexibility index (Phi) is 6.98. The number of nitrogens with one attached hydrogen (secondary N) is 1. The number of thiocarbonyl (C=S) groups is 1. The molecule has 1 aromatic rings. The molecule has 0 aromatic heterocycles. The van der Waals surface area contributed by atoms with Crippen molar-refractivity contribution in [2.75, 3.05) is 0 Å². The molecule has 0 amide bonds. The van der Waals surface area contributed by atoms with Crippen LogP contribution in [-0.4, -0.2) is 4.32 Å². The van der Waals surface area contributed by atoms with Gasteiger partial charge in [-0.15, -0.1) is 0 Å². The maximum absolute atomic E-state index is 4.85. The summed E-state index contributed by atoms with van der Waals surface area (Å²) in [5.74, 6) is 0. The van der Waals surface area contributed by atoms with Gasteiger partial charge in [-0.2, -0.15) is 0 Å². The zero-order valence-corrected chi connectivity index (χ0v) is 13.5. The maximum Gasteiger partial charge on any atom is 1.00 e. The van der Waals surface area contributed by atoms with Gasteiger partial charge in [-0.1, -0.05) is 34.7 Å². The summed E-state index contributed by atoms with van der Waals surface area (Å²) in [7, 11) is 0. The molecule has 0 spiro atoms. The van der Waals surface area contributed by atoms with E-state index >= 15 is 0 Å². The van der Waals surface area contributed by atoms with E-state index in [-0.39, 0.29) is 56.9 Å². The quantitative estimate of drug-likeness (QED) is 0.425. The van der Waals surface area contributed by atoms with Gasteiger partial charge < -0.3 is 30.2 Å². The normalized spacial score (nSPS) is 10.1. The Morgan fingerprint density at radius 1 is 1.29 bits per heavy atom. The minimum atomic E-state index is -0.180. The van der Waals surface area contributed by atoms with Crippen LogP contribution in [0.2, 0.25) is 0 Å². The third kappa shape index (κ3) is 4.66. The van der Waals surface area contributed by atoms with E-state index in [4.69, 9.17) is 24.8 Å². The van der Waals surface area contributed by atoms with E-state index in [0.717, 1.165) is 0 Å². The van der Waals surface area contributed by atoms with Crippen molar-refractivity contribution in [3.63, 3.8) is 0 Å². The summed E-state index contributed by atoms with van der Waals surface area (Å²) in [5, 5.41) is 3.08. The summed E-state index contributed by atoms with van der Waals surface area (Å²) in [6.45, 7) is 4.11. The van der Waals surface area contributed by atoms with Crippen LogP contribution in [0.15, 0.2) is 30.3 Å². The monoisotopic (exact) mass is 249 g/mol. The molecule has 0 atom stereocenters. The predicted octanol–water partition coefficient (Wildman–Crippen LogP) is -0.653. The second kappa shape index (κ2) is 6.53. The van der Waals surface area contributed by atoms with Crippen molar-refractivity contribution in [2.45, 2.75) is 19.4 Å². The van der Waals surface area contributed by atoms with Crippen LogP contribution in [-0.2, 0) is 18.2 Å². The molecule has 0 heterocycles. The molecule has 1 nitrogen and oxygen atoms in total. The van der Waals surface area contributed by atoms with Crippen LogP contribution >= 0.6 is 12.2 Å². The Morgan fingerprint density at radius 3 is 2.21 bits per heavy atom. The molecule has 14 heavy (non-hydrogen) atoms. The molecule has 0 unspecified atom stereocenters. The second-order valence-electron chi connectivity index (χ2n) is 3.40.